The zero-order chi connectivity index (χ0) is 14.0. The molecule has 0 aromatic carbocycles. The summed E-state index contributed by atoms with van der Waals surface area (Å²) in [5, 5.41) is 0. The molecular weight excluding hydrogens is 216 g/mol. The molecule has 0 bridgehead atoms. The number of allylic oxidation sites excluding steroid dienone is 6. The van der Waals surface area contributed by atoms with Crippen LogP contribution in [0.4, 0.5) is 0 Å². The molecule has 0 amide bonds. The van der Waals surface area contributed by atoms with Crippen molar-refractivity contribution in [3.63, 3.8) is 0 Å². The Kier molecular flexibility index (Phi) is 9.73. The highest BCUT2D eigenvalue weighted by Crippen LogP contribution is 2.13. The van der Waals surface area contributed by atoms with Crippen molar-refractivity contribution < 1.29 is 0 Å². The molecule has 0 aliphatic rings. The van der Waals surface area contributed by atoms with E-state index in [4.69, 9.17) is 0 Å². The van der Waals surface area contributed by atoms with Crippen LogP contribution in [-0.2, 0) is 0 Å². The SMILES string of the molecule is C[C](C)CC=C(C)CCC=C(C)CCC=C(C)C. The molecule has 0 nitrogen and oxygen atoms in total. The number of rotatable bonds is 8. The van der Waals surface area contributed by atoms with Crippen LogP contribution in [0.25, 0.3) is 0 Å². The summed E-state index contributed by atoms with van der Waals surface area (Å²) in [7, 11) is 0. The molecule has 0 saturated heterocycles. The average molecular weight is 247 g/mol. The van der Waals surface area contributed by atoms with Crippen molar-refractivity contribution in [3.8, 4) is 0 Å². The predicted molar refractivity (Wildman–Crippen MR) is 84.6 cm³/mol. The van der Waals surface area contributed by atoms with Gasteiger partial charge in [-0.15, -0.1) is 0 Å². The minimum absolute atomic E-state index is 1.13. The predicted octanol–water partition coefficient (Wildman–Crippen LogP) is 6.41. The van der Waals surface area contributed by atoms with Gasteiger partial charge in [0.15, 0.2) is 0 Å². The van der Waals surface area contributed by atoms with Crippen LogP contribution in [-0.4, -0.2) is 0 Å². The molecule has 0 aromatic rings. The summed E-state index contributed by atoms with van der Waals surface area (Å²) in [6.07, 6.45) is 13.0. The standard InChI is InChI=1S/C18H31/c1-15(2)9-7-10-17(5)11-8-12-18(6)14-13-16(3)4/h9,11,14H,7-8,10,12-13H2,1-6H3. The van der Waals surface area contributed by atoms with Crippen molar-refractivity contribution in [3.05, 3.63) is 40.9 Å². The molecular formula is C18H31. The molecule has 0 spiro atoms. The van der Waals surface area contributed by atoms with Crippen molar-refractivity contribution >= 4 is 0 Å². The van der Waals surface area contributed by atoms with Crippen LogP contribution in [0.1, 0.15) is 73.6 Å². The van der Waals surface area contributed by atoms with Gasteiger partial charge < -0.3 is 0 Å². The number of hydrogen-bond donors (Lipinski definition) is 0. The van der Waals surface area contributed by atoms with E-state index in [0.29, 0.717) is 0 Å². The summed E-state index contributed by atoms with van der Waals surface area (Å²) in [5.41, 5.74) is 4.47. The highest BCUT2D eigenvalue weighted by atomic mass is 14.0. The highest BCUT2D eigenvalue weighted by molar-refractivity contribution is 5.06. The van der Waals surface area contributed by atoms with E-state index in [1.165, 1.54) is 48.3 Å². The Morgan fingerprint density at radius 1 is 0.667 bits per heavy atom. The molecule has 103 valence electrons. The molecule has 0 atom stereocenters. The molecule has 1 radical (unpaired) electrons. The van der Waals surface area contributed by atoms with Crippen molar-refractivity contribution in [1.82, 2.24) is 0 Å². The van der Waals surface area contributed by atoms with Crippen molar-refractivity contribution in [2.45, 2.75) is 73.6 Å². The minimum Gasteiger partial charge on any atom is -0.0856 e. The lowest BCUT2D eigenvalue weighted by Crippen LogP contribution is -1.83. The summed E-state index contributed by atoms with van der Waals surface area (Å²) in [6.45, 7) is 13.2. The highest BCUT2D eigenvalue weighted by Gasteiger charge is 1.94. The first-order valence-electron chi connectivity index (χ1n) is 7.15. The van der Waals surface area contributed by atoms with E-state index in [1.807, 2.05) is 0 Å². The summed E-state index contributed by atoms with van der Waals surface area (Å²) < 4.78 is 0. The second-order valence-electron chi connectivity index (χ2n) is 5.87. The van der Waals surface area contributed by atoms with Gasteiger partial charge in [-0.3, -0.25) is 0 Å². The lowest BCUT2D eigenvalue weighted by molar-refractivity contribution is 0.904. The van der Waals surface area contributed by atoms with Crippen LogP contribution in [0, 0.1) is 5.92 Å². The molecule has 0 rings (SSSR count). The zero-order valence-corrected chi connectivity index (χ0v) is 13.3. The average Bonchev–Trinajstić information content (AvgIpc) is 2.25. The van der Waals surface area contributed by atoms with Gasteiger partial charge in [-0.1, -0.05) is 48.8 Å². The van der Waals surface area contributed by atoms with Gasteiger partial charge in [-0.2, -0.15) is 0 Å². The Bertz CT molecular complexity index is 296. The van der Waals surface area contributed by atoms with Crippen molar-refractivity contribution in [2.75, 3.05) is 0 Å². The third-order valence-corrected chi connectivity index (χ3v) is 2.98. The van der Waals surface area contributed by atoms with Crippen molar-refractivity contribution in [1.29, 1.82) is 0 Å². The smallest absolute Gasteiger partial charge is 0.0265 e. The van der Waals surface area contributed by atoms with Gasteiger partial charge in [0.1, 0.15) is 0 Å². The first-order chi connectivity index (χ1) is 8.41. The molecule has 0 fully saturated rings. The van der Waals surface area contributed by atoms with E-state index in [9.17, 15) is 0 Å². The van der Waals surface area contributed by atoms with Gasteiger partial charge in [0.05, 0.1) is 0 Å². The lowest BCUT2D eigenvalue weighted by atomic mass is 10.0. The van der Waals surface area contributed by atoms with E-state index in [-0.39, 0.29) is 0 Å². The Morgan fingerprint density at radius 3 is 1.67 bits per heavy atom. The minimum atomic E-state index is 1.13. The molecule has 0 heterocycles. The number of hydrogen-bond acceptors (Lipinski definition) is 0. The fraction of sp³-hybridized carbons (Fsp3) is 0.611. The fourth-order valence-corrected chi connectivity index (χ4v) is 1.72. The van der Waals surface area contributed by atoms with Crippen LogP contribution < -0.4 is 0 Å². The van der Waals surface area contributed by atoms with E-state index in [2.05, 4.69) is 59.8 Å². The van der Waals surface area contributed by atoms with Gasteiger partial charge >= 0.3 is 0 Å². The monoisotopic (exact) mass is 247 g/mol. The first kappa shape index (κ1) is 17.2. The van der Waals surface area contributed by atoms with Crippen LogP contribution in [0.15, 0.2) is 34.9 Å². The lowest BCUT2D eigenvalue weighted by Gasteiger charge is -2.03. The molecule has 0 aliphatic carbocycles. The maximum Gasteiger partial charge on any atom is -0.0265 e. The Labute approximate surface area is 115 Å². The van der Waals surface area contributed by atoms with Crippen LogP contribution in [0.5, 0.6) is 0 Å². The molecule has 0 aromatic heterocycles. The normalized spacial score (nSPS) is 13.1. The molecule has 0 heteroatoms. The third kappa shape index (κ3) is 11.7. The van der Waals surface area contributed by atoms with E-state index >= 15 is 0 Å². The van der Waals surface area contributed by atoms with E-state index < -0.39 is 0 Å². The zero-order valence-electron chi connectivity index (χ0n) is 13.3. The van der Waals surface area contributed by atoms with Gasteiger partial charge in [0, 0.05) is 0 Å². The maximum absolute atomic E-state index is 2.40. The van der Waals surface area contributed by atoms with E-state index in [1.54, 1.807) is 0 Å². The van der Waals surface area contributed by atoms with Crippen LogP contribution in [0.3, 0.4) is 0 Å². The van der Waals surface area contributed by atoms with Gasteiger partial charge in [-0.05, 0) is 65.7 Å². The maximum atomic E-state index is 2.40. The molecule has 0 aliphatic heterocycles. The quantitative estimate of drug-likeness (QED) is 0.435. The summed E-state index contributed by atoms with van der Waals surface area (Å²) in [6, 6.07) is 0. The van der Waals surface area contributed by atoms with Crippen molar-refractivity contribution in [2.24, 2.45) is 0 Å². The summed E-state index contributed by atoms with van der Waals surface area (Å²) in [4.78, 5) is 0. The van der Waals surface area contributed by atoms with Gasteiger partial charge in [0.25, 0.3) is 0 Å². The van der Waals surface area contributed by atoms with Crippen LogP contribution >= 0.6 is 0 Å². The molecule has 0 N–H and O–H groups in total. The van der Waals surface area contributed by atoms with Crippen LogP contribution in [0.2, 0.25) is 0 Å². The second kappa shape index (κ2) is 10.2. The topological polar surface area (TPSA) is 0 Å². The van der Waals surface area contributed by atoms with E-state index in [0.717, 1.165) is 6.42 Å². The molecule has 0 unspecified atom stereocenters. The summed E-state index contributed by atoms with van der Waals surface area (Å²) >= 11 is 0. The third-order valence-electron chi connectivity index (χ3n) is 2.98. The Morgan fingerprint density at radius 2 is 1.17 bits per heavy atom. The Balaban J connectivity index is 3.86. The second-order valence-corrected chi connectivity index (χ2v) is 5.87. The van der Waals surface area contributed by atoms with Gasteiger partial charge in [0.2, 0.25) is 0 Å². The molecule has 18 heavy (non-hydrogen) atoms. The Hall–Kier alpha value is -0.780. The molecule has 0 saturated carbocycles. The first-order valence-corrected chi connectivity index (χ1v) is 7.15. The summed E-state index contributed by atoms with van der Waals surface area (Å²) in [5.74, 6) is 1.49. The van der Waals surface area contributed by atoms with Gasteiger partial charge in [-0.25, -0.2) is 0 Å². The largest absolute Gasteiger partial charge is 0.0856 e. The fourth-order valence-electron chi connectivity index (χ4n) is 1.72.